The topological polar surface area (TPSA) is 66.4 Å². The molecule has 1 atom stereocenters. The number of phenols is 1. The summed E-state index contributed by atoms with van der Waals surface area (Å²) in [5.41, 5.74) is 5.10. The lowest BCUT2D eigenvalue weighted by atomic mass is 9.79. The third kappa shape index (κ3) is 3.85. The Balaban J connectivity index is 1.61. The quantitative estimate of drug-likeness (QED) is 0.251. The molecule has 6 heteroatoms. The molecular weight excluding hydrogens is 516 g/mol. The van der Waals surface area contributed by atoms with Gasteiger partial charge in [0, 0.05) is 31.4 Å². The van der Waals surface area contributed by atoms with Gasteiger partial charge in [0.2, 0.25) is 5.79 Å². The molecule has 0 spiro atoms. The summed E-state index contributed by atoms with van der Waals surface area (Å²) >= 11 is 0. The molecule has 1 unspecified atom stereocenters. The number of benzene rings is 5. The maximum absolute atomic E-state index is 12.2. The first-order valence-corrected chi connectivity index (χ1v) is 13.8. The van der Waals surface area contributed by atoms with E-state index in [0.29, 0.717) is 16.9 Å². The minimum absolute atomic E-state index is 0.226. The summed E-state index contributed by atoms with van der Waals surface area (Å²) < 4.78 is 29.9. The summed E-state index contributed by atoms with van der Waals surface area (Å²) in [5, 5.41) is 15.7. The molecule has 0 saturated carbocycles. The van der Waals surface area contributed by atoms with E-state index in [-0.39, 0.29) is 11.7 Å². The number of fused-ring (bicyclic) bond motifs is 3. The molecule has 1 heterocycles. The summed E-state index contributed by atoms with van der Waals surface area (Å²) in [5.74, 6) is 2.77. The van der Waals surface area contributed by atoms with Crippen LogP contribution in [0.2, 0.25) is 0 Å². The summed E-state index contributed by atoms with van der Waals surface area (Å²) in [4.78, 5) is 0. The Bertz CT molecular complexity index is 1840. The van der Waals surface area contributed by atoms with Gasteiger partial charge in [-0.05, 0) is 70.1 Å². The Morgan fingerprint density at radius 1 is 0.756 bits per heavy atom. The van der Waals surface area contributed by atoms with E-state index < -0.39 is 5.79 Å². The fourth-order valence-electron chi connectivity index (χ4n) is 6.71. The highest BCUT2D eigenvalue weighted by Gasteiger charge is 2.35. The van der Waals surface area contributed by atoms with E-state index in [4.69, 9.17) is 23.7 Å². The zero-order chi connectivity index (χ0) is 28.5. The smallest absolute Gasteiger partial charge is 0.245 e. The number of hydrogen-bond acceptors (Lipinski definition) is 6. The average molecular weight is 549 g/mol. The number of phenolic OH excluding ortho intramolecular Hbond substituents is 1. The van der Waals surface area contributed by atoms with E-state index in [1.807, 2.05) is 56.3 Å². The number of hydrogen-bond donors (Lipinski definition) is 1. The Labute approximate surface area is 239 Å². The van der Waals surface area contributed by atoms with Gasteiger partial charge in [-0.15, -0.1) is 0 Å². The van der Waals surface area contributed by atoms with Crippen LogP contribution in [0.4, 0.5) is 0 Å². The average Bonchev–Trinajstić information content (AvgIpc) is 3.13. The van der Waals surface area contributed by atoms with Gasteiger partial charge in [-0.3, -0.25) is 0 Å². The molecule has 0 bridgehead atoms. The molecule has 0 amide bonds. The predicted octanol–water partition coefficient (Wildman–Crippen LogP) is 7.51. The maximum atomic E-state index is 12.2. The van der Waals surface area contributed by atoms with Crippen molar-refractivity contribution < 1.29 is 28.8 Å². The van der Waals surface area contributed by atoms with Crippen LogP contribution >= 0.6 is 0 Å². The van der Waals surface area contributed by atoms with E-state index in [9.17, 15) is 5.11 Å². The maximum Gasteiger partial charge on any atom is 0.245 e. The van der Waals surface area contributed by atoms with Crippen molar-refractivity contribution in [1.82, 2.24) is 0 Å². The third-order valence-electron chi connectivity index (χ3n) is 8.38. The van der Waals surface area contributed by atoms with E-state index in [2.05, 4.69) is 24.3 Å². The fraction of sp³-hybridized carbons (Fsp3) is 0.257. The summed E-state index contributed by atoms with van der Waals surface area (Å²) in [6, 6.07) is 22.3. The zero-order valence-corrected chi connectivity index (χ0v) is 23.8. The van der Waals surface area contributed by atoms with Crippen LogP contribution in [0.15, 0.2) is 66.7 Å². The van der Waals surface area contributed by atoms with Crippen LogP contribution in [0.3, 0.4) is 0 Å². The molecule has 1 aliphatic heterocycles. The molecule has 6 nitrogen and oxygen atoms in total. The number of methoxy groups -OCH3 is 3. The van der Waals surface area contributed by atoms with Crippen LogP contribution < -0.4 is 23.7 Å². The molecule has 5 aromatic carbocycles. The lowest BCUT2D eigenvalue weighted by molar-refractivity contribution is -0.0861. The van der Waals surface area contributed by atoms with E-state index >= 15 is 0 Å². The van der Waals surface area contributed by atoms with Crippen molar-refractivity contribution >= 4 is 21.5 Å². The molecule has 0 radical (unpaired) electrons. The van der Waals surface area contributed by atoms with Crippen LogP contribution in [0.25, 0.3) is 21.5 Å². The van der Waals surface area contributed by atoms with Crippen LogP contribution in [-0.4, -0.2) is 32.2 Å². The van der Waals surface area contributed by atoms with Crippen molar-refractivity contribution in [3.8, 4) is 34.5 Å². The van der Waals surface area contributed by atoms with Gasteiger partial charge >= 0.3 is 0 Å². The normalized spacial score (nSPS) is 16.7. The highest BCUT2D eigenvalue weighted by molar-refractivity contribution is 5.99. The first-order chi connectivity index (χ1) is 19.8. The van der Waals surface area contributed by atoms with Crippen molar-refractivity contribution in [2.75, 3.05) is 21.3 Å². The molecule has 5 aromatic rings. The van der Waals surface area contributed by atoms with Crippen molar-refractivity contribution in [2.24, 2.45) is 0 Å². The molecule has 2 aliphatic rings. The standard InChI is InChI=1S/C35H32O6/c1-35(2)40-27-11-7-9-23-24(14-15-28(41-35)33(23)27)32-25-17-21(37-3)18-29(39-5)22(25)13-12-20-16-19-8-6-10-26(38-4)30(19)34(36)31(20)32/h6-11,14-18,32,36H,12-13H2,1-5H3. The van der Waals surface area contributed by atoms with Crippen molar-refractivity contribution in [3.63, 3.8) is 0 Å². The van der Waals surface area contributed by atoms with Gasteiger partial charge in [0.25, 0.3) is 0 Å². The molecule has 0 aromatic heterocycles. The lowest BCUT2D eigenvalue weighted by Crippen LogP contribution is -2.37. The van der Waals surface area contributed by atoms with Gasteiger partial charge in [-0.25, -0.2) is 0 Å². The second-order valence-corrected chi connectivity index (χ2v) is 11.1. The second kappa shape index (κ2) is 9.23. The minimum atomic E-state index is -0.779. The molecule has 41 heavy (non-hydrogen) atoms. The van der Waals surface area contributed by atoms with Crippen LogP contribution in [0.1, 0.15) is 47.6 Å². The predicted molar refractivity (Wildman–Crippen MR) is 159 cm³/mol. The van der Waals surface area contributed by atoms with Gasteiger partial charge in [-0.1, -0.05) is 36.4 Å². The number of ether oxygens (including phenoxy) is 5. The van der Waals surface area contributed by atoms with Gasteiger partial charge in [0.1, 0.15) is 34.5 Å². The van der Waals surface area contributed by atoms with Gasteiger partial charge < -0.3 is 28.8 Å². The molecule has 7 rings (SSSR count). The van der Waals surface area contributed by atoms with Gasteiger partial charge in [0.15, 0.2) is 0 Å². The van der Waals surface area contributed by atoms with Crippen molar-refractivity contribution in [2.45, 2.75) is 38.4 Å². The number of aryl methyl sites for hydroxylation is 1. The molecule has 208 valence electrons. The van der Waals surface area contributed by atoms with Crippen LogP contribution in [0.5, 0.6) is 34.5 Å². The largest absolute Gasteiger partial charge is 0.507 e. The van der Waals surface area contributed by atoms with Gasteiger partial charge in [-0.2, -0.15) is 0 Å². The molecule has 0 saturated heterocycles. The fourth-order valence-corrected chi connectivity index (χ4v) is 6.71. The van der Waals surface area contributed by atoms with E-state index in [1.54, 1.807) is 21.3 Å². The SMILES string of the molecule is COc1cc(OC)c2c(c1)C(c1ccc3c4c(cccc14)OC(C)(C)O3)c1c(cc3cccc(OC)c3c1O)CC2. The van der Waals surface area contributed by atoms with Crippen molar-refractivity contribution in [1.29, 1.82) is 0 Å². The Kier molecular flexibility index (Phi) is 5.72. The summed E-state index contributed by atoms with van der Waals surface area (Å²) in [7, 11) is 4.99. The molecular formula is C35H32O6. The molecule has 1 N–H and O–H groups in total. The van der Waals surface area contributed by atoms with Crippen LogP contribution in [0, 0.1) is 0 Å². The van der Waals surface area contributed by atoms with Gasteiger partial charge in [0.05, 0.1) is 32.1 Å². The highest BCUT2D eigenvalue weighted by atomic mass is 16.7. The van der Waals surface area contributed by atoms with Crippen molar-refractivity contribution in [3.05, 3.63) is 94.5 Å². The monoisotopic (exact) mass is 548 g/mol. The molecule has 0 fully saturated rings. The van der Waals surface area contributed by atoms with E-state index in [0.717, 1.165) is 74.1 Å². The lowest BCUT2D eigenvalue weighted by Gasteiger charge is -2.34. The number of aromatic hydroxyl groups is 1. The first kappa shape index (κ1) is 25.4. The third-order valence-corrected chi connectivity index (χ3v) is 8.38. The summed E-state index contributed by atoms with van der Waals surface area (Å²) in [6.07, 6.45) is 1.49. The number of rotatable bonds is 4. The minimum Gasteiger partial charge on any atom is -0.507 e. The highest BCUT2D eigenvalue weighted by Crippen LogP contribution is 2.53. The summed E-state index contributed by atoms with van der Waals surface area (Å²) in [6.45, 7) is 3.82. The molecule has 1 aliphatic carbocycles. The second-order valence-electron chi connectivity index (χ2n) is 11.1. The Morgan fingerprint density at radius 3 is 2.27 bits per heavy atom. The zero-order valence-electron chi connectivity index (χ0n) is 23.8. The Hall–Kier alpha value is -4.58. The van der Waals surface area contributed by atoms with E-state index in [1.165, 1.54) is 0 Å². The first-order valence-electron chi connectivity index (χ1n) is 13.8. The Morgan fingerprint density at radius 2 is 1.51 bits per heavy atom. The van der Waals surface area contributed by atoms with Crippen LogP contribution in [-0.2, 0) is 12.8 Å².